The summed E-state index contributed by atoms with van der Waals surface area (Å²) in [4.78, 5) is 42.9. The largest absolute Gasteiger partial charge is 0.507 e. The van der Waals surface area contributed by atoms with E-state index in [2.05, 4.69) is 4.98 Å². The summed E-state index contributed by atoms with van der Waals surface area (Å²) in [7, 11) is 0. The Labute approximate surface area is 199 Å². The Morgan fingerprint density at radius 2 is 1.86 bits per heavy atom. The number of phenolic OH excluding ortho intramolecular Hbond substituents is 1. The number of hydrogen-bond acceptors (Lipinski definition) is 9. The molecule has 2 aromatic rings. The molecule has 7 N–H and O–H groups in total. The molecule has 2 unspecified atom stereocenters. The smallest absolute Gasteiger partial charge is 0.230 e. The van der Waals surface area contributed by atoms with Gasteiger partial charge in [0, 0.05) is 29.2 Å². The van der Waals surface area contributed by atoms with Crippen molar-refractivity contribution in [2.45, 2.75) is 37.1 Å². The van der Waals surface area contributed by atoms with E-state index in [0.717, 1.165) is 0 Å². The van der Waals surface area contributed by atoms with Crippen molar-refractivity contribution in [3.8, 4) is 17.0 Å². The molecule has 10 heteroatoms. The third-order valence-electron chi connectivity index (χ3n) is 7.74. The minimum absolute atomic E-state index is 0.0655. The lowest BCUT2D eigenvalue weighted by Gasteiger charge is -2.52. The van der Waals surface area contributed by atoms with Crippen molar-refractivity contribution >= 4 is 23.2 Å². The molecule has 3 aliphatic carbocycles. The number of pyridine rings is 1. The zero-order valence-electron chi connectivity index (χ0n) is 18.6. The summed E-state index contributed by atoms with van der Waals surface area (Å²) in [5.41, 5.74) is 3.41. The summed E-state index contributed by atoms with van der Waals surface area (Å²) in [6.07, 6.45) is -2.00. The first-order chi connectivity index (χ1) is 16.5. The number of carbonyl (C=O) groups excluding carboxylic acids is 3. The number of carbonyl (C=O) groups is 3. The van der Waals surface area contributed by atoms with Gasteiger partial charge in [-0.3, -0.25) is 19.4 Å². The SMILES string of the molecule is C[C@H]1c2c(-c3ccccn3)ccc(O)c2C(O)=C2C(=O)[C@]3(O)C(=O)C(C(N)=O)C(O)C[C@@H]3[C@@H](O)[C@@H]21. The number of aliphatic hydroxyl groups excluding tert-OH is 3. The fourth-order valence-corrected chi connectivity index (χ4v) is 6.13. The van der Waals surface area contributed by atoms with Gasteiger partial charge in [0.25, 0.3) is 0 Å². The third-order valence-corrected chi connectivity index (χ3v) is 7.74. The van der Waals surface area contributed by atoms with Crippen molar-refractivity contribution in [3.63, 3.8) is 0 Å². The number of nitrogens with two attached hydrogens (primary N) is 1. The molecular weight excluding hydrogens is 456 g/mol. The molecule has 7 atom stereocenters. The molecule has 1 aromatic carbocycles. The zero-order valence-corrected chi connectivity index (χ0v) is 18.6. The average Bonchev–Trinajstić information content (AvgIpc) is 2.82. The Kier molecular flexibility index (Phi) is 5.10. The molecule has 35 heavy (non-hydrogen) atoms. The van der Waals surface area contributed by atoms with Gasteiger partial charge in [-0.25, -0.2) is 0 Å². The number of phenols is 1. The third kappa shape index (κ3) is 2.94. The molecule has 3 aliphatic rings. The fraction of sp³-hybridized carbons (Fsp3) is 0.360. The normalized spacial score (nSPS) is 34.2. The number of primary amides is 1. The number of aromatic nitrogens is 1. The molecule has 0 spiro atoms. The Hall–Kier alpha value is -3.60. The van der Waals surface area contributed by atoms with Crippen LogP contribution in [0.3, 0.4) is 0 Å². The van der Waals surface area contributed by atoms with E-state index in [9.17, 15) is 39.9 Å². The van der Waals surface area contributed by atoms with E-state index in [1.54, 1.807) is 37.4 Å². The fourth-order valence-electron chi connectivity index (χ4n) is 6.13. The maximum Gasteiger partial charge on any atom is 0.230 e. The van der Waals surface area contributed by atoms with Gasteiger partial charge >= 0.3 is 0 Å². The Balaban J connectivity index is 1.75. The van der Waals surface area contributed by atoms with Crippen LogP contribution in [0.2, 0.25) is 0 Å². The van der Waals surface area contributed by atoms with E-state index in [0.29, 0.717) is 16.8 Å². The molecular formula is C25H24N2O8. The monoisotopic (exact) mass is 480 g/mol. The van der Waals surface area contributed by atoms with Crippen molar-refractivity contribution in [1.82, 2.24) is 4.98 Å². The molecule has 1 aromatic heterocycles. The van der Waals surface area contributed by atoms with Crippen LogP contribution in [-0.2, 0) is 14.4 Å². The molecule has 2 saturated carbocycles. The lowest BCUT2D eigenvalue weighted by atomic mass is 9.53. The van der Waals surface area contributed by atoms with Gasteiger partial charge in [-0.15, -0.1) is 0 Å². The summed E-state index contributed by atoms with van der Waals surface area (Å²) >= 11 is 0. The number of fused-ring (bicyclic) bond motifs is 3. The lowest BCUT2D eigenvalue weighted by molar-refractivity contribution is -0.186. The van der Waals surface area contributed by atoms with Crippen molar-refractivity contribution in [2.75, 3.05) is 0 Å². The molecule has 0 radical (unpaired) electrons. The van der Waals surface area contributed by atoms with Crippen LogP contribution in [0.15, 0.2) is 42.1 Å². The summed E-state index contributed by atoms with van der Waals surface area (Å²) in [6, 6.07) is 8.17. The summed E-state index contributed by atoms with van der Waals surface area (Å²) < 4.78 is 0. The molecule has 0 saturated heterocycles. The lowest BCUT2D eigenvalue weighted by Crippen LogP contribution is -2.70. The van der Waals surface area contributed by atoms with E-state index in [4.69, 9.17) is 5.73 Å². The number of aromatic hydroxyl groups is 1. The maximum absolute atomic E-state index is 13.7. The first kappa shape index (κ1) is 23.2. The maximum atomic E-state index is 13.7. The van der Waals surface area contributed by atoms with E-state index < -0.39 is 76.7 Å². The van der Waals surface area contributed by atoms with Gasteiger partial charge in [-0.2, -0.15) is 0 Å². The second kappa shape index (κ2) is 7.70. The highest BCUT2D eigenvalue weighted by molar-refractivity contribution is 6.25. The van der Waals surface area contributed by atoms with Crippen LogP contribution in [0.25, 0.3) is 17.0 Å². The van der Waals surface area contributed by atoms with Crippen LogP contribution in [0.1, 0.15) is 30.4 Å². The van der Waals surface area contributed by atoms with Crippen molar-refractivity contribution in [2.24, 2.45) is 23.5 Å². The highest BCUT2D eigenvalue weighted by atomic mass is 16.3. The number of hydrogen-bond donors (Lipinski definition) is 6. The quantitative estimate of drug-likeness (QED) is 0.325. The Morgan fingerprint density at radius 1 is 1.14 bits per heavy atom. The number of ketones is 2. The summed E-state index contributed by atoms with van der Waals surface area (Å²) in [6.45, 7) is 1.69. The molecule has 182 valence electrons. The van der Waals surface area contributed by atoms with Crippen LogP contribution in [0, 0.1) is 17.8 Å². The van der Waals surface area contributed by atoms with Crippen molar-refractivity contribution in [3.05, 3.63) is 53.2 Å². The second-order valence-electron chi connectivity index (χ2n) is 9.45. The van der Waals surface area contributed by atoms with Crippen LogP contribution in [-0.4, -0.2) is 65.8 Å². The summed E-state index contributed by atoms with van der Waals surface area (Å²) in [5.74, 6) is -9.76. The number of aliphatic hydroxyl groups is 4. The van der Waals surface area contributed by atoms with E-state index >= 15 is 0 Å². The van der Waals surface area contributed by atoms with Gasteiger partial charge < -0.3 is 31.3 Å². The number of amides is 1. The van der Waals surface area contributed by atoms with Gasteiger partial charge in [0.1, 0.15) is 17.4 Å². The Morgan fingerprint density at radius 3 is 2.49 bits per heavy atom. The summed E-state index contributed by atoms with van der Waals surface area (Å²) in [5, 5.41) is 55.0. The van der Waals surface area contributed by atoms with Crippen LogP contribution in [0.5, 0.6) is 5.75 Å². The Bertz CT molecular complexity index is 1310. The number of Topliss-reactive ketones (excluding diaryl/α,β-unsaturated/α-hetero) is 2. The molecule has 1 heterocycles. The van der Waals surface area contributed by atoms with Gasteiger partial charge in [-0.1, -0.05) is 13.0 Å². The van der Waals surface area contributed by atoms with Crippen molar-refractivity contribution < 1.29 is 39.9 Å². The van der Waals surface area contributed by atoms with Gasteiger partial charge in [0.15, 0.2) is 11.4 Å². The molecule has 1 amide bonds. The van der Waals surface area contributed by atoms with Gasteiger partial charge in [0.2, 0.25) is 11.7 Å². The zero-order chi connectivity index (χ0) is 25.4. The molecule has 5 rings (SSSR count). The second-order valence-corrected chi connectivity index (χ2v) is 9.45. The predicted octanol–water partition coefficient (Wildman–Crippen LogP) is 0.183. The minimum Gasteiger partial charge on any atom is -0.507 e. The van der Waals surface area contributed by atoms with E-state index in [1.165, 1.54) is 6.07 Å². The minimum atomic E-state index is -2.87. The van der Waals surface area contributed by atoms with Gasteiger partial charge in [-0.05, 0) is 42.2 Å². The van der Waals surface area contributed by atoms with Crippen LogP contribution < -0.4 is 5.73 Å². The van der Waals surface area contributed by atoms with E-state index in [1.807, 2.05) is 0 Å². The van der Waals surface area contributed by atoms with E-state index in [-0.39, 0.29) is 11.3 Å². The predicted molar refractivity (Wildman–Crippen MR) is 121 cm³/mol. The first-order valence-electron chi connectivity index (χ1n) is 11.2. The standard InChI is InChI=1S/C25H24N2O8/c1-9-15-10(12-4-2-3-7-27-12)5-6-13(28)17(15)21(31)19-16(9)20(30)11-8-14(29)18(24(26)34)22(32)25(11,35)23(19)33/h2-7,9,11,14,16,18,20,28-31,35H,8H2,1H3,(H2,26,34)/t9-,11+,14?,16+,18?,20+,25+/m0/s1. The molecule has 0 aliphatic heterocycles. The number of benzene rings is 1. The highest BCUT2D eigenvalue weighted by Crippen LogP contribution is 2.56. The molecule has 0 bridgehead atoms. The molecule has 10 nitrogen and oxygen atoms in total. The van der Waals surface area contributed by atoms with Gasteiger partial charge in [0.05, 0.1) is 23.5 Å². The van der Waals surface area contributed by atoms with Crippen LogP contribution in [0.4, 0.5) is 0 Å². The first-order valence-corrected chi connectivity index (χ1v) is 11.2. The average molecular weight is 480 g/mol. The number of rotatable bonds is 2. The number of nitrogens with zero attached hydrogens (tertiary/aromatic N) is 1. The van der Waals surface area contributed by atoms with Crippen LogP contribution >= 0.6 is 0 Å². The highest BCUT2D eigenvalue weighted by Gasteiger charge is 2.67. The van der Waals surface area contributed by atoms with Crippen molar-refractivity contribution in [1.29, 1.82) is 0 Å². The molecule has 2 fully saturated rings. The topological polar surface area (TPSA) is 191 Å².